The highest BCUT2D eigenvalue weighted by atomic mass is 19.4. The second kappa shape index (κ2) is 8.63. The smallest absolute Gasteiger partial charge is 0.417 e. The summed E-state index contributed by atoms with van der Waals surface area (Å²) in [5.74, 6) is -1.25. The molecule has 2 unspecified atom stereocenters. The third kappa shape index (κ3) is 5.24. The number of aromatic nitrogens is 1. The molecule has 1 fully saturated rings. The number of pyridine rings is 1. The Hall–Kier alpha value is -2.56. The van der Waals surface area contributed by atoms with Crippen molar-refractivity contribution in [2.45, 2.75) is 51.3 Å². The molecule has 0 spiro atoms. The van der Waals surface area contributed by atoms with Crippen molar-refractivity contribution >= 4 is 12.1 Å². The summed E-state index contributed by atoms with van der Waals surface area (Å²) >= 11 is 0. The van der Waals surface area contributed by atoms with Crippen molar-refractivity contribution in [1.29, 1.82) is 0 Å². The maximum Gasteiger partial charge on any atom is 0.417 e. The summed E-state index contributed by atoms with van der Waals surface area (Å²) in [7, 11) is 1.26. The molecule has 8 nitrogen and oxygen atoms in total. The zero-order valence-corrected chi connectivity index (χ0v) is 15.5. The Bertz CT molecular complexity index is 725. The van der Waals surface area contributed by atoms with E-state index in [4.69, 9.17) is 14.2 Å². The van der Waals surface area contributed by atoms with Crippen LogP contribution in [0.5, 0.6) is 5.88 Å². The van der Waals surface area contributed by atoms with Gasteiger partial charge in [0.05, 0.1) is 38.0 Å². The summed E-state index contributed by atoms with van der Waals surface area (Å²) in [5.41, 5.74) is -0.892. The van der Waals surface area contributed by atoms with Crippen LogP contribution in [0.3, 0.4) is 0 Å². The number of nitrogens with zero attached hydrogens (tertiary/aromatic N) is 2. The molecule has 1 aliphatic rings. The lowest BCUT2D eigenvalue weighted by molar-refractivity contribution is -0.142. The predicted octanol–water partition coefficient (Wildman–Crippen LogP) is 2.70. The van der Waals surface area contributed by atoms with Crippen LogP contribution in [-0.2, 0) is 27.1 Å². The maximum absolute atomic E-state index is 12.9. The second-order valence-corrected chi connectivity index (χ2v) is 6.50. The summed E-state index contributed by atoms with van der Waals surface area (Å²) in [5, 5.41) is 9.32. The Morgan fingerprint density at radius 3 is 2.61 bits per heavy atom. The van der Waals surface area contributed by atoms with Crippen LogP contribution in [0.1, 0.15) is 31.4 Å². The Kier molecular flexibility index (Phi) is 6.70. The van der Waals surface area contributed by atoms with Gasteiger partial charge in [0.15, 0.2) is 0 Å². The molecule has 28 heavy (non-hydrogen) atoms. The van der Waals surface area contributed by atoms with Crippen molar-refractivity contribution in [2.24, 2.45) is 0 Å². The minimum absolute atomic E-state index is 0.0166. The Balaban J connectivity index is 2.10. The molecule has 1 amide bonds. The number of amides is 1. The second-order valence-electron chi connectivity index (χ2n) is 6.50. The van der Waals surface area contributed by atoms with Crippen molar-refractivity contribution in [2.75, 3.05) is 13.7 Å². The Labute approximate surface area is 159 Å². The average molecular weight is 406 g/mol. The van der Waals surface area contributed by atoms with Gasteiger partial charge >= 0.3 is 18.2 Å². The van der Waals surface area contributed by atoms with Crippen LogP contribution in [0.15, 0.2) is 12.3 Å². The molecule has 11 heteroatoms. The fourth-order valence-electron chi connectivity index (χ4n) is 2.77. The minimum Gasteiger partial charge on any atom is -0.481 e. The van der Waals surface area contributed by atoms with Crippen LogP contribution in [0.2, 0.25) is 0 Å². The van der Waals surface area contributed by atoms with E-state index >= 15 is 0 Å². The predicted molar refractivity (Wildman–Crippen MR) is 88.7 cm³/mol. The van der Waals surface area contributed by atoms with Gasteiger partial charge in [0.1, 0.15) is 6.04 Å². The van der Waals surface area contributed by atoms with Crippen molar-refractivity contribution in [1.82, 2.24) is 9.88 Å². The molecule has 2 atom stereocenters. The standard InChI is InChI=1S/C17H21F3N2O6/c1-9(2)28-16(25)22-7-12(5-13(22)15(23)24)27-8-10-4-11(17(18,19)20)6-21-14(10)26-3/h4,6,9,12-13H,5,7-8H2,1-3H3,(H,23,24). The number of carboxylic acid groups (broad SMARTS) is 1. The van der Waals surface area contributed by atoms with Gasteiger partial charge in [-0.3, -0.25) is 4.90 Å². The van der Waals surface area contributed by atoms with Gasteiger partial charge in [-0.1, -0.05) is 0 Å². The molecular formula is C17H21F3N2O6. The largest absolute Gasteiger partial charge is 0.481 e. The van der Waals surface area contributed by atoms with Crippen LogP contribution in [0, 0.1) is 0 Å². The van der Waals surface area contributed by atoms with Crippen LogP contribution in [0.4, 0.5) is 18.0 Å². The number of carbonyl (C=O) groups is 2. The quantitative estimate of drug-likeness (QED) is 0.776. The maximum atomic E-state index is 12.9. The fraction of sp³-hybridized carbons (Fsp3) is 0.588. The van der Waals surface area contributed by atoms with Crippen molar-refractivity contribution in [3.05, 3.63) is 23.4 Å². The van der Waals surface area contributed by atoms with Crippen LogP contribution in [-0.4, -0.2) is 59.0 Å². The van der Waals surface area contributed by atoms with Gasteiger partial charge in [-0.2, -0.15) is 13.2 Å². The van der Waals surface area contributed by atoms with E-state index in [1.165, 1.54) is 7.11 Å². The minimum atomic E-state index is -4.58. The van der Waals surface area contributed by atoms with E-state index in [2.05, 4.69) is 4.98 Å². The highest BCUT2D eigenvalue weighted by molar-refractivity contribution is 5.81. The highest BCUT2D eigenvalue weighted by Crippen LogP contribution is 2.32. The molecule has 2 heterocycles. The van der Waals surface area contributed by atoms with Gasteiger partial charge in [-0.25, -0.2) is 14.6 Å². The molecule has 0 radical (unpaired) electrons. The molecule has 0 aliphatic carbocycles. The number of alkyl halides is 3. The number of aliphatic carboxylic acids is 1. The van der Waals surface area contributed by atoms with Gasteiger partial charge in [-0.15, -0.1) is 0 Å². The molecule has 1 aromatic heterocycles. The third-order valence-electron chi connectivity index (χ3n) is 4.04. The molecule has 1 aliphatic heterocycles. The first-order valence-electron chi connectivity index (χ1n) is 8.44. The first kappa shape index (κ1) is 21.7. The summed E-state index contributed by atoms with van der Waals surface area (Å²) in [6.07, 6.45) is -5.85. The molecule has 0 bridgehead atoms. The van der Waals surface area contributed by atoms with E-state index in [1.54, 1.807) is 13.8 Å². The van der Waals surface area contributed by atoms with E-state index in [0.717, 1.165) is 11.0 Å². The number of ether oxygens (including phenoxy) is 3. The number of hydrogen-bond acceptors (Lipinski definition) is 6. The summed E-state index contributed by atoms with van der Waals surface area (Å²) in [6.45, 7) is 2.91. The normalized spacial score (nSPS) is 19.8. The first-order chi connectivity index (χ1) is 13.0. The van der Waals surface area contributed by atoms with Gasteiger partial charge in [-0.05, 0) is 19.9 Å². The number of halogens is 3. The molecule has 1 aromatic rings. The molecule has 1 N–H and O–H groups in total. The summed E-state index contributed by atoms with van der Waals surface area (Å²) in [6, 6.07) is -0.280. The molecule has 2 rings (SSSR count). The number of methoxy groups -OCH3 is 1. The van der Waals surface area contributed by atoms with E-state index in [-0.39, 0.29) is 31.0 Å². The number of carboxylic acids is 1. The average Bonchev–Trinajstić information content (AvgIpc) is 3.03. The summed E-state index contributed by atoms with van der Waals surface area (Å²) < 4.78 is 54.2. The number of rotatable bonds is 6. The van der Waals surface area contributed by atoms with Crippen LogP contribution < -0.4 is 4.74 Å². The zero-order valence-electron chi connectivity index (χ0n) is 15.5. The monoisotopic (exact) mass is 406 g/mol. The Morgan fingerprint density at radius 2 is 2.07 bits per heavy atom. The van der Waals surface area contributed by atoms with Gasteiger partial charge in [0.2, 0.25) is 5.88 Å². The number of hydrogen-bond donors (Lipinski definition) is 1. The molecular weight excluding hydrogens is 385 g/mol. The lowest BCUT2D eigenvalue weighted by Crippen LogP contribution is -2.41. The molecule has 0 aromatic carbocycles. The zero-order chi connectivity index (χ0) is 21.1. The Morgan fingerprint density at radius 1 is 1.39 bits per heavy atom. The van der Waals surface area contributed by atoms with E-state index in [1.807, 2.05) is 0 Å². The van der Waals surface area contributed by atoms with Crippen LogP contribution in [0.25, 0.3) is 0 Å². The van der Waals surface area contributed by atoms with Gasteiger partial charge in [0, 0.05) is 18.2 Å². The number of carbonyl (C=O) groups excluding carboxylic acids is 1. The van der Waals surface area contributed by atoms with E-state index in [9.17, 15) is 27.9 Å². The van der Waals surface area contributed by atoms with Crippen LogP contribution >= 0.6 is 0 Å². The van der Waals surface area contributed by atoms with E-state index in [0.29, 0.717) is 6.20 Å². The summed E-state index contributed by atoms with van der Waals surface area (Å²) in [4.78, 5) is 28.2. The van der Waals surface area contributed by atoms with Gasteiger partial charge < -0.3 is 19.3 Å². The fourth-order valence-corrected chi connectivity index (χ4v) is 2.77. The SMILES string of the molecule is COc1ncc(C(F)(F)F)cc1COC1CC(C(=O)O)N(C(=O)OC(C)C)C1. The lowest BCUT2D eigenvalue weighted by atomic mass is 10.2. The van der Waals surface area contributed by atoms with Crippen molar-refractivity contribution < 1.29 is 42.1 Å². The lowest BCUT2D eigenvalue weighted by Gasteiger charge is -2.22. The number of likely N-dealkylation sites (tertiary alicyclic amines) is 1. The molecule has 1 saturated heterocycles. The van der Waals surface area contributed by atoms with Crippen molar-refractivity contribution in [3.8, 4) is 5.88 Å². The molecule has 0 saturated carbocycles. The first-order valence-corrected chi connectivity index (χ1v) is 8.44. The van der Waals surface area contributed by atoms with Crippen molar-refractivity contribution in [3.63, 3.8) is 0 Å². The molecule has 156 valence electrons. The topological polar surface area (TPSA) is 98.2 Å². The highest BCUT2D eigenvalue weighted by Gasteiger charge is 2.41. The third-order valence-corrected chi connectivity index (χ3v) is 4.04. The van der Waals surface area contributed by atoms with Gasteiger partial charge in [0.25, 0.3) is 0 Å². The van der Waals surface area contributed by atoms with E-state index < -0.39 is 42.1 Å².